The van der Waals surface area contributed by atoms with E-state index in [1.807, 2.05) is 24.0 Å². The lowest BCUT2D eigenvalue weighted by atomic mass is 10.2. The zero-order valence-electron chi connectivity index (χ0n) is 11.2. The Labute approximate surface area is 113 Å². The molecule has 104 valence electrons. The van der Waals surface area contributed by atoms with Crippen molar-refractivity contribution in [2.45, 2.75) is 25.8 Å². The summed E-state index contributed by atoms with van der Waals surface area (Å²) in [5.41, 5.74) is 8.20. The normalized spacial score (nSPS) is 14.7. The molecule has 4 N–H and O–H groups in total. The molecule has 0 unspecified atom stereocenters. The third-order valence-corrected chi connectivity index (χ3v) is 3.36. The fourth-order valence-electron chi connectivity index (χ4n) is 2.06. The Bertz CT molecular complexity index is 458. The zero-order valence-corrected chi connectivity index (χ0v) is 11.2. The van der Waals surface area contributed by atoms with Crippen LogP contribution in [0.1, 0.15) is 18.4 Å². The molecule has 5 nitrogen and oxygen atoms in total. The Morgan fingerprint density at radius 3 is 2.84 bits per heavy atom. The van der Waals surface area contributed by atoms with Gasteiger partial charge in [0.15, 0.2) is 0 Å². The molecule has 0 aromatic heterocycles. The van der Waals surface area contributed by atoms with E-state index in [4.69, 9.17) is 10.8 Å². The third kappa shape index (κ3) is 3.94. The van der Waals surface area contributed by atoms with E-state index in [2.05, 4.69) is 5.32 Å². The van der Waals surface area contributed by atoms with Crippen LogP contribution in [0.5, 0.6) is 0 Å². The van der Waals surface area contributed by atoms with Gasteiger partial charge in [0, 0.05) is 24.0 Å². The number of nitrogens with two attached hydrogens (primary N) is 1. The number of hydrogen-bond acceptors (Lipinski definition) is 4. The number of aliphatic hydroxyl groups is 1. The van der Waals surface area contributed by atoms with Gasteiger partial charge in [-0.3, -0.25) is 9.69 Å². The van der Waals surface area contributed by atoms with Crippen LogP contribution in [-0.2, 0) is 4.79 Å². The zero-order chi connectivity index (χ0) is 13.8. The van der Waals surface area contributed by atoms with Crippen LogP contribution in [0, 0.1) is 6.92 Å². The van der Waals surface area contributed by atoms with Crippen molar-refractivity contribution >= 4 is 17.3 Å². The van der Waals surface area contributed by atoms with Crippen molar-refractivity contribution in [3.05, 3.63) is 23.8 Å². The van der Waals surface area contributed by atoms with Gasteiger partial charge < -0.3 is 16.2 Å². The molecule has 2 rings (SSSR count). The summed E-state index contributed by atoms with van der Waals surface area (Å²) in [6, 6.07) is 5.95. The van der Waals surface area contributed by atoms with Crippen LogP contribution in [0.2, 0.25) is 0 Å². The molecule has 1 aliphatic rings. The molecule has 0 atom stereocenters. The van der Waals surface area contributed by atoms with Gasteiger partial charge in [0.25, 0.3) is 0 Å². The van der Waals surface area contributed by atoms with Gasteiger partial charge in [-0.2, -0.15) is 0 Å². The summed E-state index contributed by atoms with van der Waals surface area (Å²) in [6.07, 6.45) is 2.23. The average Bonchev–Trinajstić information content (AvgIpc) is 3.17. The van der Waals surface area contributed by atoms with E-state index in [0.717, 1.165) is 18.4 Å². The standard InChI is InChI=1S/C14H21N3O2/c1-10-2-3-11(8-13(10)15)16-14(19)9-17(6-7-18)12-4-5-12/h2-3,8,12,18H,4-7,9,15H2,1H3,(H,16,19). The molecule has 0 radical (unpaired) electrons. The highest BCUT2D eigenvalue weighted by molar-refractivity contribution is 5.92. The molecule has 1 fully saturated rings. The van der Waals surface area contributed by atoms with Crippen LogP contribution < -0.4 is 11.1 Å². The molecular weight excluding hydrogens is 242 g/mol. The first kappa shape index (κ1) is 13.8. The third-order valence-electron chi connectivity index (χ3n) is 3.36. The summed E-state index contributed by atoms with van der Waals surface area (Å²) >= 11 is 0. The number of carbonyl (C=O) groups excluding carboxylic acids is 1. The second kappa shape index (κ2) is 6.04. The molecule has 5 heteroatoms. The van der Waals surface area contributed by atoms with Crippen molar-refractivity contribution < 1.29 is 9.90 Å². The first-order valence-corrected chi connectivity index (χ1v) is 6.61. The summed E-state index contributed by atoms with van der Waals surface area (Å²) in [6.45, 7) is 2.88. The summed E-state index contributed by atoms with van der Waals surface area (Å²) in [5.74, 6) is -0.0661. The van der Waals surface area contributed by atoms with Gasteiger partial charge in [0.05, 0.1) is 13.2 Å². The summed E-state index contributed by atoms with van der Waals surface area (Å²) < 4.78 is 0. The van der Waals surface area contributed by atoms with E-state index in [1.54, 1.807) is 6.07 Å². The molecule has 1 aliphatic carbocycles. The highest BCUT2D eigenvalue weighted by Crippen LogP contribution is 2.26. The topological polar surface area (TPSA) is 78.6 Å². The van der Waals surface area contributed by atoms with E-state index in [-0.39, 0.29) is 12.5 Å². The number of amides is 1. The number of nitrogens with zero attached hydrogens (tertiary/aromatic N) is 1. The molecule has 1 aromatic carbocycles. The fraction of sp³-hybridized carbons (Fsp3) is 0.500. The predicted molar refractivity (Wildman–Crippen MR) is 75.9 cm³/mol. The Hall–Kier alpha value is -1.59. The number of benzene rings is 1. The SMILES string of the molecule is Cc1ccc(NC(=O)CN(CCO)C2CC2)cc1N. The van der Waals surface area contributed by atoms with Crippen molar-refractivity contribution in [3.63, 3.8) is 0 Å². The number of aryl methyl sites for hydroxylation is 1. The molecule has 0 saturated heterocycles. The maximum Gasteiger partial charge on any atom is 0.238 e. The molecule has 0 spiro atoms. The van der Waals surface area contributed by atoms with Crippen LogP contribution in [0.4, 0.5) is 11.4 Å². The van der Waals surface area contributed by atoms with Gasteiger partial charge in [-0.25, -0.2) is 0 Å². The van der Waals surface area contributed by atoms with Gasteiger partial charge in [-0.05, 0) is 37.5 Å². The van der Waals surface area contributed by atoms with Gasteiger partial charge >= 0.3 is 0 Å². The molecule has 0 bridgehead atoms. The van der Waals surface area contributed by atoms with Gasteiger partial charge in [-0.15, -0.1) is 0 Å². The summed E-state index contributed by atoms with van der Waals surface area (Å²) in [7, 11) is 0. The maximum absolute atomic E-state index is 12.0. The Kier molecular flexibility index (Phi) is 4.39. The van der Waals surface area contributed by atoms with Crippen LogP contribution >= 0.6 is 0 Å². The van der Waals surface area contributed by atoms with Crippen molar-refractivity contribution in [1.29, 1.82) is 0 Å². The molecule has 0 heterocycles. The molecule has 0 aliphatic heterocycles. The minimum Gasteiger partial charge on any atom is -0.398 e. The number of rotatable bonds is 6. The van der Waals surface area contributed by atoms with Gasteiger partial charge in [-0.1, -0.05) is 6.07 Å². The molecule has 1 saturated carbocycles. The molecule has 1 aromatic rings. The first-order chi connectivity index (χ1) is 9.10. The minimum atomic E-state index is -0.0661. The smallest absolute Gasteiger partial charge is 0.238 e. The molecule has 19 heavy (non-hydrogen) atoms. The van der Waals surface area contributed by atoms with E-state index in [1.165, 1.54) is 0 Å². The summed E-state index contributed by atoms with van der Waals surface area (Å²) in [4.78, 5) is 14.0. The number of nitrogen functional groups attached to an aromatic ring is 1. The van der Waals surface area contributed by atoms with Crippen molar-refractivity contribution in [3.8, 4) is 0 Å². The maximum atomic E-state index is 12.0. The van der Waals surface area contributed by atoms with Crippen LogP contribution in [0.15, 0.2) is 18.2 Å². The van der Waals surface area contributed by atoms with Crippen LogP contribution in [-0.4, -0.2) is 41.7 Å². The summed E-state index contributed by atoms with van der Waals surface area (Å²) in [5, 5.41) is 11.8. The van der Waals surface area contributed by atoms with Gasteiger partial charge in [0.2, 0.25) is 5.91 Å². The number of nitrogens with one attached hydrogen (secondary N) is 1. The number of anilines is 2. The van der Waals surface area contributed by atoms with Crippen LogP contribution in [0.25, 0.3) is 0 Å². The Balaban J connectivity index is 1.90. The Morgan fingerprint density at radius 1 is 1.53 bits per heavy atom. The predicted octanol–water partition coefficient (Wildman–Crippen LogP) is 0.972. The van der Waals surface area contributed by atoms with Gasteiger partial charge in [0.1, 0.15) is 0 Å². The second-order valence-electron chi connectivity index (χ2n) is 5.04. The largest absolute Gasteiger partial charge is 0.398 e. The quantitative estimate of drug-likeness (QED) is 0.668. The van der Waals surface area contributed by atoms with Crippen molar-refractivity contribution in [1.82, 2.24) is 4.90 Å². The monoisotopic (exact) mass is 263 g/mol. The minimum absolute atomic E-state index is 0.0661. The fourth-order valence-corrected chi connectivity index (χ4v) is 2.06. The lowest BCUT2D eigenvalue weighted by molar-refractivity contribution is -0.117. The van der Waals surface area contributed by atoms with E-state index in [0.29, 0.717) is 30.5 Å². The van der Waals surface area contributed by atoms with Crippen LogP contribution in [0.3, 0.4) is 0 Å². The highest BCUT2D eigenvalue weighted by Gasteiger charge is 2.29. The average molecular weight is 263 g/mol. The first-order valence-electron chi connectivity index (χ1n) is 6.61. The Morgan fingerprint density at radius 2 is 2.26 bits per heavy atom. The molecular formula is C14H21N3O2. The second-order valence-corrected chi connectivity index (χ2v) is 5.04. The lowest BCUT2D eigenvalue weighted by Gasteiger charge is -2.20. The highest BCUT2D eigenvalue weighted by atomic mass is 16.3. The molecule has 1 amide bonds. The number of aliphatic hydroxyl groups excluding tert-OH is 1. The van der Waals surface area contributed by atoms with Crippen molar-refractivity contribution in [2.75, 3.05) is 30.7 Å². The van der Waals surface area contributed by atoms with E-state index < -0.39 is 0 Å². The number of carbonyl (C=O) groups is 1. The number of hydrogen-bond donors (Lipinski definition) is 3. The van der Waals surface area contributed by atoms with E-state index >= 15 is 0 Å². The van der Waals surface area contributed by atoms with Crippen molar-refractivity contribution in [2.24, 2.45) is 0 Å². The van der Waals surface area contributed by atoms with E-state index in [9.17, 15) is 4.79 Å². The lowest BCUT2D eigenvalue weighted by Crippen LogP contribution is -2.36.